The Hall–Kier alpha value is -1.64. The Morgan fingerprint density at radius 1 is 1.38 bits per heavy atom. The van der Waals surface area contributed by atoms with E-state index in [1.807, 2.05) is 0 Å². The molecule has 1 aromatic carbocycles. The van der Waals surface area contributed by atoms with E-state index in [0.29, 0.717) is 5.56 Å². The summed E-state index contributed by atoms with van der Waals surface area (Å²) < 4.78 is 12.5. The quantitative estimate of drug-likeness (QED) is 0.637. The van der Waals surface area contributed by atoms with Gasteiger partial charge in [-0.25, -0.2) is 0 Å². The van der Waals surface area contributed by atoms with Crippen LogP contribution in [0, 0.1) is 0 Å². The molecule has 1 aromatic rings. The smallest absolute Gasteiger partial charge is 0.259 e. The van der Waals surface area contributed by atoms with E-state index in [0.717, 1.165) is 4.90 Å². The summed E-state index contributed by atoms with van der Waals surface area (Å²) in [4.78, 5) is 12.3. The first-order valence-electron chi connectivity index (χ1n) is 3.80. The molecule has 0 heterocycles. The summed E-state index contributed by atoms with van der Waals surface area (Å²) in [7, 11) is 1.34. The summed E-state index contributed by atoms with van der Waals surface area (Å²) in [5, 5.41) is 0. The SMILES string of the molecule is C=C(F)N(C)C(=O)c1ccccc1. The predicted molar refractivity (Wildman–Crippen MR) is 48.8 cm³/mol. The Balaban J connectivity index is 2.86. The number of hydrogen-bond acceptors (Lipinski definition) is 1. The molecule has 0 radical (unpaired) electrons. The highest BCUT2D eigenvalue weighted by atomic mass is 19.1. The Morgan fingerprint density at radius 3 is 2.38 bits per heavy atom. The Kier molecular flexibility index (Phi) is 2.80. The van der Waals surface area contributed by atoms with Crippen LogP contribution in [0.4, 0.5) is 4.39 Å². The summed E-state index contributed by atoms with van der Waals surface area (Å²) in [5.74, 6) is -1.15. The third-order valence-corrected chi connectivity index (χ3v) is 1.69. The molecule has 0 saturated heterocycles. The van der Waals surface area contributed by atoms with E-state index < -0.39 is 11.9 Å². The maximum absolute atomic E-state index is 12.5. The van der Waals surface area contributed by atoms with Crippen LogP contribution in [0.5, 0.6) is 0 Å². The van der Waals surface area contributed by atoms with Gasteiger partial charge in [-0.1, -0.05) is 18.2 Å². The van der Waals surface area contributed by atoms with Gasteiger partial charge in [-0.05, 0) is 18.7 Å². The average molecular weight is 179 g/mol. The average Bonchev–Trinajstić information content (AvgIpc) is 2.17. The number of amides is 1. The molecule has 0 spiro atoms. The number of nitrogens with zero attached hydrogens (tertiary/aromatic N) is 1. The molecule has 1 rings (SSSR count). The maximum atomic E-state index is 12.5. The molecule has 0 saturated carbocycles. The van der Waals surface area contributed by atoms with Crippen molar-refractivity contribution >= 4 is 5.91 Å². The fourth-order valence-electron chi connectivity index (χ4n) is 0.885. The van der Waals surface area contributed by atoms with Gasteiger partial charge in [-0.3, -0.25) is 9.69 Å². The van der Waals surface area contributed by atoms with Crippen LogP contribution in [-0.2, 0) is 0 Å². The zero-order valence-electron chi connectivity index (χ0n) is 7.33. The molecule has 13 heavy (non-hydrogen) atoms. The van der Waals surface area contributed by atoms with Gasteiger partial charge in [-0.2, -0.15) is 4.39 Å². The van der Waals surface area contributed by atoms with Crippen molar-refractivity contribution in [1.29, 1.82) is 0 Å². The number of carbonyl (C=O) groups is 1. The maximum Gasteiger partial charge on any atom is 0.259 e. The monoisotopic (exact) mass is 179 g/mol. The predicted octanol–water partition coefficient (Wildman–Crippen LogP) is 2.20. The molecule has 0 unspecified atom stereocenters. The third-order valence-electron chi connectivity index (χ3n) is 1.69. The Labute approximate surface area is 76.3 Å². The third kappa shape index (κ3) is 2.15. The van der Waals surface area contributed by atoms with Gasteiger partial charge in [0, 0.05) is 12.6 Å². The van der Waals surface area contributed by atoms with E-state index in [2.05, 4.69) is 6.58 Å². The highest BCUT2D eigenvalue weighted by Gasteiger charge is 2.12. The van der Waals surface area contributed by atoms with E-state index in [1.54, 1.807) is 30.3 Å². The molecule has 2 nitrogen and oxygen atoms in total. The van der Waals surface area contributed by atoms with Crippen molar-refractivity contribution in [3.8, 4) is 0 Å². The van der Waals surface area contributed by atoms with Crippen molar-refractivity contribution in [1.82, 2.24) is 4.90 Å². The second-order valence-corrected chi connectivity index (χ2v) is 2.61. The Bertz CT molecular complexity index is 321. The Morgan fingerprint density at radius 2 is 1.92 bits per heavy atom. The molecule has 0 aliphatic carbocycles. The van der Waals surface area contributed by atoms with Crippen LogP contribution >= 0.6 is 0 Å². The number of halogens is 1. The van der Waals surface area contributed by atoms with Gasteiger partial charge < -0.3 is 0 Å². The van der Waals surface area contributed by atoms with Gasteiger partial charge in [0.2, 0.25) is 0 Å². The molecular weight excluding hydrogens is 169 g/mol. The lowest BCUT2D eigenvalue weighted by Crippen LogP contribution is -2.23. The summed E-state index contributed by atoms with van der Waals surface area (Å²) in [6, 6.07) is 8.49. The minimum absolute atomic E-state index is 0.395. The van der Waals surface area contributed by atoms with E-state index in [9.17, 15) is 9.18 Å². The molecule has 3 heteroatoms. The van der Waals surface area contributed by atoms with E-state index in [1.165, 1.54) is 7.05 Å². The van der Waals surface area contributed by atoms with E-state index in [-0.39, 0.29) is 0 Å². The van der Waals surface area contributed by atoms with E-state index >= 15 is 0 Å². The van der Waals surface area contributed by atoms with Crippen molar-refractivity contribution in [2.24, 2.45) is 0 Å². The second kappa shape index (κ2) is 3.85. The van der Waals surface area contributed by atoms with Crippen LogP contribution in [0.2, 0.25) is 0 Å². The van der Waals surface area contributed by atoms with Crippen molar-refractivity contribution in [3.05, 3.63) is 48.4 Å². The van der Waals surface area contributed by atoms with Gasteiger partial charge in [0.1, 0.15) is 0 Å². The van der Waals surface area contributed by atoms with Crippen molar-refractivity contribution in [2.45, 2.75) is 0 Å². The molecule has 0 N–H and O–H groups in total. The minimum atomic E-state index is -0.756. The highest BCUT2D eigenvalue weighted by molar-refractivity contribution is 5.94. The van der Waals surface area contributed by atoms with Crippen molar-refractivity contribution in [2.75, 3.05) is 7.05 Å². The van der Waals surface area contributed by atoms with Crippen molar-refractivity contribution in [3.63, 3.8) is 0 Å². The second-order valence-electron chi connectivity index (χ2n) is 2.61. The zero-order chi connectivity index (χ0) is 9.84. The summed E-state index contributed by atoms with van der Waals surface area (Å²) in [6.45, 7) is 3.04. The number of rotatable bonds is 2. The van der Waals surface area contributed by atoms with Gasteiger partial charge in [0.25, 0.3) is 5.91 Å². The summed E-state index contributed by atoms with van der Waals surface area (Å²) >= 11 is 0. The largest absolute Gasteiger partial charge is 0.288 e. The lowest BCUT2D eigenvalue weighted by molar-refractivity contribution is 0.0808. The molecule has 0 aromatic heterocycles. The molecule has 0 aliphatic heterocycles. The van der Waals surface area contributed by atoms with Crippen LogP contribution in [0.1, 0.15) is 10.4 Å². The molecule has 0 bridgehead atoms. The number of hydrogen-bond donors (Lipinski definition) is 0. The van der Waals surface area contributed by atoms with Crippen molar-refractivity contribution < 1.29 is 9.18 Å². The number of benzene rings is 1. The van der Waals surface area contributed by atoms with Crippen LogP contribution in [0.3, 0.4) is 0 Å². The topological polar surface area (TPSA) is 20.3 Å². The molecule has 0 aliphatic rings. The van der Waals surface area contributed by atoms with Gasteiger partial charge >= 0.3 is 0 Å². The van der Waals surface area contributed by atoms with Gasteiger partial charge in [-0.15, -0.1) is 0 Å². The van der Waals surface area contributed by atoms with Crippen LogP contribution in [0.25, 0.3) is 0 Å². The summed E-state index contributed by atoms with van der Waals surface area (Å²) in [5.41, 5.74) is 0.448. The fraction of sp³-hybridized carbons (Fsp3) is 0.100. The standard InChI is InChI=1S/C10H10FNO/c1-8(11)12(2)10(13)9-6-4-3-5-7-9/h3-7H,1H2,2H3. The van der Waals surface area contributed by atoms with Crippen LogP contribution < -0.4 is 0 Å². The van der Waals surface area contributed by atoms with Crippen LogP contribution in [0.15, 0.2) is 42.9 Å². The summed E-state index contributed by atoms with van der Waals surface area (Å²) in [6.07, 6.45) is 0. The first-order valence-corrected chi connectivity index (χ1v) is 3.80. The first kappa shape index (κ1) is 9.45. The fourth-order valence-corrected chi connectivity index (χ4v) is 0.885. The molecular formula is C10H10FNO. The van der Waals surface area contributed by atoms with E-state index in [4.69, 9.17) is 0 Å². The van der Waals surface area contributed by atoms with Crippen LogP contribution in [-0.4, -0.2) is 17.9 Å². The first-order chi connectivity index (χ1) is 6.13. The molecule has 0 fully saturated rings. The lowest BCUT2D eigenvalue weighted by atomic mass is 10.2. The molecule has 1 amide bonds. The van der Waals surface area contributed by atoms with Gasteiger partial charge in [0.15, 0.2) is 5.95 Å². The highest BCUT2D eigenvalue weighted by Crippen LogP contribution is 2.07. The zero-order valence-corrected chi connectivity index (χ0v) is 7.33. The minimum Gasteiger partial charge on any atom is -0.288 e. The normalized spacial score (nSPS) is 9.38. The van der Waals surface area contributed by atoms with Gasteiger partial charge in [0.05, 0.1) is 0 Å². The lowest BCUT2D eigenvalue weighted by Gasteiger charge is -2.13. The molecule has 68 valence electrons. The number of carbonyl (C=O) groups excluding carboxylic acids is 1. The molecule has 0 atom stereocenters.